The third-order valence-corrected chi connectivity index (χ3v) is 6.01. The number of nitrogens with one attached hydrogen (secondary N) is 2. The van der Waals surface area contributed by atoms with Gasteiger partial charge in [-0.25, -0.2) is 0 Å². The Bertz CT molecular complexity index is 1240. The average Bonchev–Trinajstić information content (AvgIpc) is 3.37. The fraction of sp³-hybridized carbons (Fsp3) is 0.375. The van der Waals surface area contributed by atoms with Crippen molar-refractivity contribution in [3.63, 3.8) is 0 Å². The van der Waals surface area contributed by atoms with E-state index in [4.69, 9.17) is 9.15 Å². The molecule has 4 heterocycles. The predicted octanol–water partition coefficient (Wildman–Crippen LogP) is 2.58. The van der Waals surface area contributed by atoms with Gasteiger partial charge >= 0.3 is 0 Å². The molecule has 0 aliphatic carbocycles. The number of carbonyl (C=O) groups is 2. The third kappa shape index (κ3) is 4.30. The van der Waals surface area contributed by atoms with Gasteiger partial charge in [-0.05, 0) is 44.5 Å². The number of fused-ring (bicyclic) bond motifs is 1. The first kappa shape index (κ1) is 22.4. The van der Waals surface area contributed by atoms with Crippen LogP contribution in [0.1, 0.15) is 56.5 Å². The van der Waals surface area contributed by atoms with Crippen molar-refractivity contribution in [2.24, 2.45) is 0 Å². The van der Waals surface area contributed by atoms with E-state index in [0.29, 0.717) is 42.2 Å². The smallest absolute Gasteiger partial charge is 0.270 e. The van der Waals surface area contributed by atoms with Crippen molar-refractivity contribution in [3.05, 3.63) is 74.9 Å². The Morgan fingerprint density at radius 3 is 2.64 bits per heavy atom. The van der Waals surface area contributed by atoms with Gasteiger partial charge in [0.1, 0.15) is 22.8 Å². The second-order valence-corrected chi connectivity index (χ2v) is 8.29. The Morgan fingerprint density at radius 1 is 1.21 bits per heavy atom. The van der Waals surface area contributed by atoms with Crippen molar-refractivity contribution in [2.45, 2.75) is 39.8 Å². The van der Waals surface area contributed by atoms with Gasteiger partial charge in [0.25, 0.3) is 17.4 Å². The topological polar surface area (TPSA) is 110 Å². The van der Waals surface area contributed by atoms with E-state index < -0.39 is 0 Å². The largest absolute Gasteiger partial charge is 0.496 e. The molecule has 9 nitrogen and oxygen atoms in total. The van der Waals surface area contributed by atoms with Crippen molar-refractivity contribution >= 4 is 11.8 Å². The summed E-state index contributed by atoms with van der Waals surface area (Å²) in [6.07, 6.45) is 1.89. The molecule has 3 aromatic heterocycles. The first-order valence-corrected chi connectivity index (χ1v) is 10.9. The van der Waals surface area contributed by atoms with Crippen molar-refractivity contribution in [1.82, 2.24) is 19.8 Å². The molecular formula is C24H28N4O5. The second-order valence-electron chi connectivity index (χ2n) is 8.29. The number of pyridine rings is 1. The van der Waals surface area contributed by atoms with Crippen molar-refractivity contribution < 1.29 is 18.7 Å². The summed E-state index contributed by atoms with van der Waals surface area (Å²) < 4.78 is 12.4. The Labute approximate surface area is 191 Å². The van der Waals surface area contributed by atoms with Crippen LogP contribution >= 0.6 is 0 Å². The molecule has 4 rings (SSSR count). The number of ether oxygens (including phenoxy) is 1. The summed E-state index contributed by atoms with van der Waals surface area (Å²) in [5.74, 6) is 0.349. The molecule has 2 amide bonds. The summed E-state index contributed by atoms with van der Waals surface area (Å²) >= 11 is 0. The first-order chi connectivity index (χ1) is 15.8. The van der Waals surface area contributed by atoms with Crippen LogP contribution in [0.4, 0.5) is 0 Å². The fourth-order valence-corrected chi connectivity index (χ4v) is 4.34. The molecule has 2 N–H and O–H groups in total. The molecule has 3 aromatic rings. The van der Waals surface area contributed by atoms with Gasteiger partial charge in [-0.3, -0.25) is 14.4 Å². The van der Waals surface area contributed by atoms with Gasteiger partial charge in [0.2, 0.25) is 0 Å². The fourth-order valence-electron chi connectivity index (χ4n) is 4.34. The molecule has 0 bridgehead atoms. The maximum atomic E-state index is 13.3. The van der Waals surface area contributed by atoms with E-state index >= 15 is 0 Å². The van der Waals surface area contributed by atoms with Crippen LogP contribution in [0.3, 0.4) is 0 Å². The SMILES string of the molecule is COc1cc(=O)n2c(c1C(=O)NC(C)c1ccco1)CCN(C(=O)c1[nH]c(C)cc1C)CC2. The van der Waals surface area contributed by atoms with E-state index in [1.54, 1.807) is 27.9 Å². The molecule has 0 radical (unpaired) electrons. The summed E-state index contributed by atoms with van der Waals surface area (Å²) in [5, 5.41) is 2.92. The van der Waals surface area contributed by atoms with E-state index in [2.05, 4.69) is 10.3 Å². The lowest BCUT2D eigenvalue weighted by atomic mass is 10.1. The summed E-state index contributed by atoms with van der Waals surface area (Å²) in [6.45, 7) is 6.63. The minimum atomic E-state index is -0.368. The third-order valence-electron chi connectivity index (χ3n) is 6.01. The minimum absolute atomic E-state index is 0.120. The molecule has 174 valence electrons. The number of carbonyl (C=O) groups excluding carboxylic acids is 2. The van der Waals surface area contributed by atoms with Crippen molar-refractivity contribution in [3.8, 4) is 5.75 Å². The number of H-pyrrole nitrogens is 1. The standard InChI is InChI=1S/C24H28N4O5/c1-14-12-15(2)25-22(14)24(31)27-8-7-17-21(19(32-4)13-20(29)28(17)10-9-27)23(30)26-16(3)18-6-5-11-33-18/h5-6,11-13,16,25H,7-10H2,1-4H3,(H,26,30). The molecule has 9 heteroatoms. The number of aromatic nitrogens is 2. The number of rotatable bonds is 5. The number of aromatic amines is 1. The molecule has 0 saturated carbocycles. The average molecular weight is 453 g/mol. The summed E-state index contributed by atoms with van der Waals surface area (Å²) in [7, 11) is 1.43. The predicted molar refractivity (Wildman–Crippen MR) is 122 cm³/mol. The molecular weight excluding hydrogens is 424 g/mol. The van der Waals surface area contributed by atoms with E-state index in [1.165, 1.54) is 13.2 Å². The maximum absolute atomic E-state index is 13.3. The molecule has 1 atom stereocenters. The zero-order valence-corrected chi connectivity index (χ0v) is 19.2. The van der Waals surface area contributed by atoms with E-state index in [-0.39, 0.29) is 35.7 Å². The number of amides is 2. The number of aryl methyl sites for hydroxylation is 2. The molecule has 0 fully saturated rings. The number of methoxy groups -OCH3 is 1. The van der Waals surface area contributed by atoms with Gasteiger partial charge in [-0.15, -0.1) is 0 Å². The van der Waals surface area contributed by atoms with Crippen molar-refractivity contribution in [2.75, 3.05) is 20.2 Å². The van der Waals surface area contributed by atoms with Crippen molar-refractivity contribution in [1.29, 1.82) is 0 Å². The molecule has 1 unspecified atom stereocenters. The Balaban J connectivity index is 1.64. The molecule has 0 aromatic carbocycles. The summed E-state index contributed by atoms with van der Waals surface area (Å²) in [6, 6.07) is 6.43. The zero-order valence-electron chi connectivity index (χ0n) is 19.2. The maximum Gasteiger partial charge on any atom is 0.270 e. The molecule has 0 spiro atoms. The Morgan fingerprint density at radius 2 is 2.00 bits per heavy atom. The highest BCUT2D eigenvalue weighted by molar-refractivity contribution is 5.98. The highest BCUT2D eigenvalue weighted by atomic mass is 16.5. The van der Waals surface area contributed by atoms with Crippen LogP contribution in [-0.2, 0) is 13.0 Å². The number of hydrogen-bond donors (Lipinski definition) is 2. The van der Waals surface area contributed by atoms with Gasteiger partial charge in [0.05, 0.1) is 19.4 Å². The van der Waals surface area contributed by atoms with E-state index in [9.17, 15) is 14.4 Å². The molecule has 1 aliphatic rings. The van der Waals surface area contributed by atoms with Crippen LogP contribution < -0.4 is 15.6 Å². The molecule has 0 saturated heterocycles. The molecule has 33 heavy (non-hydrogen) atoms. The lowest BCUT2D eigenvalue weighted by Crippen LogP contribution is -2.34. The highest BCUT2D eigenvalue weighted by Gasteiger charge is 2.28. The quantitative estimate of drug-likeness (QED) is 0.618. The Kier molecular flexibility index (Phi) is 6.13. The van der Waals surface area contributed by atoms with Gasteiger partial charge in [-0.1, -0.05) is 0 Å². The van der Waals surface area contributed by atoms with Crippen LogP contribution in [0.15, 0.2) is 39.7 Å². The number of furan rings is 1. The lowest BCUT2D eigenvalue weighted by molar-refractivity contribution is 0.0753. The minimum Gasteiger partial charge on any atom is -0.496 e. The van der Waals surface area contributed by atoms with Crippen LogP contribution in [0.5, 0.6) is 5.75 Å². The van der Waals surface area contributed by atoms with Crippen LogP contribution in [0, 0.1) is 13.8 Å². The highest BCUT2D eigenvalue weighted by Crippen LogP contribution is 2.25. The second kappa shape index (κ2) is 9.01. The van der Waals surface area contributed by atoms with Gasteiger partial charge in [-0.2, -0.15) is 0 Å². The summed E-state index contributed by atoms with van der Waals surface area (Å²) in [4.78, 5) is 44.1. The van der Waals surface area contributed by atoms with Gasteiger partial charge in [0.15, 0.2) is 0 Å². The van der Waals surface area contributed by atoms with Crippen LogP contribution in [0.25, 0.3) is 0 Å². The van der Waals surface area contributed by atoms with E-state index in [0.717, 1.165) is 11.3 Å². The first-order valence-electron chi connectivity index (χ1n) is 10.9. The monoisotopic (exact) mass is 452 g/mol. The summed E-state index contributed by atoms with van der Waals surface area (Å²) in [5.41, 5.74) is 2.94. The number of hydrogen-bond acceptors (Lipinski definition) is 5. The normalized spacial score (nSPS) is 14.4. The van der Waals surface area contributed by atoms with E-state index in [1.807, 2.05) is 26.8 Å². The zero-order chi connectivity index (χ0) is 23.7. The Hall–Kier alpha value is -3.75. The van der Waals surface area contributed by atoms with Crippen LogP contribution in [-0.4, -0.2) is 46.5 Å². The van der Waals surface area contributed by atoms with Crippen LogP contribution in [0.2, 0.25) is 0 Å². The van der Waals surface area contributed by atoms with Gasteiger partial charge < -0.3 is 28.9 Å². The molecule has 1 aliphatic heterocycles. The lowest BCUT2D eigenvalue weighted by Gasteiger charge is -2.19. The number of nitrogens with zero attached hydrogens (tertiary/aromatic N) is 2. The van der Waals surface area contributed by atoms with Gasteiger partial charge in [0, 0.05) is 43.5 Å².